The summed E-state index contributed by atoms with van der Waals surface area (Å²) in [5.74, 6) is -0.0247. The van der Waals surface area contributed by atoms with Gasteiger partial charge in [-0.3, -0.25) is 4.79 Å². The first-order chi connectivity index (χ1) is 12.0. The Labute approximate surface area is 145 Å². The first-order valence-electron chi connectivity index (χ1n) is 7.49. The van der Waals surface area contributed by atoms with Gasteiger partial charge in [0.05, 0.1) is 14.2 Å². The highest BCUT2D eigenvalue weighted by atomic mass is 16.5. The Morgan fingerprint density at radius 2 is 1.64 bits per heavy atom. The van der Waals surface area contributed by atoms with Crippen LogP contribution in [0.3, 0.4) is 0 Å². The van der Waals surface area contributed by atoms with E-state index in [2.05, 4.69) is 0 Å². The van der Waals surface area contributed by atoms with Crippen LogP contribution in [0.5, 0.6) is 11.5 Å². The van der Waals surface area contributed by atoms with E-state index < -0.39 is 5.97 Å². The van der Waals surface area contributed by atoms with Crippen molar-refractivity contribution in [2.45, 2.75) is 0 Å². The van der Waals surface area contributed by atoms with Gasteiger partial charge in [-0.25, -0.2) is 4.79 Å². The van der Waals surface area contributed by atoms with Crippen molar-refractivity contribution < 1.29 is 24.2 Å². The minimum Gasteiger partial charge on any atom is -0.497 e. The molecule has 2 aromatic rings. The Balaban J connectivity index is 2.21. The lowest BCUT2D eigenvalue weighted by Crippen LogP contribution is -1.97. The molecule has 0 aliphatic rings. The number of ketones is 1. The van der Waals surface area contributed by atoms with Gasteiger partial charge in [0.25, 0.3) is 0 Å². The van der Waals surface area contributed by atoms with Crippen LogP contribution < -0.4 is 9.47 Å². The Hall–Kier alpha value is -3.34. The molecular weight excluding hydrogens is 320 g/mol. The average molecular weight is 338 g/mol. The average Bonchev–Trinajstić information content (AvgIpc) is 2.64. The largest absolute Gasteiger partial charge is 0.497 e. The molecule has 0 unspecified atom stereocenters. The van der Waals surface area contributed by atoms with E-state index in [1.807, 2.05) is 24.3 Å². The van der Waals surface area contributed by atoms with Crippen molar-refractivity contribution in [1.29, 1.82) is 0 Å². The molecule has 5 nitrogen and oxygen atoms in total. The number of methoxy groups -OCH3 is 2. The van der Waals surface area contributed by atoms with E-state index in [9.17, 15) is 9.59 Å². The smallest absolute Gasteiger partial charge is 0.328 e. The van der Waals surface area contributed by atoms with Crippen molar-refractivity contribution >= 4 is 23.9 Å². The highest BCUT2D eigenvalue weighted by molar-refractivity contribution is 6.07. The molecule has 128 valence electrons. The molecule has 1 N–H and O–H groups in total. The Morgan fingerprint density at radius 3 is 2.24 bits per heavy atom. The molecule has 0 heterocycles. The third-order valence-electron chi connectivity index (χ3n) is 3.46. The van der Waals surface area contributed by atoms with Crippen LogP contribution in [-0.2, 0) is 4.79 Å². The van der Waals surface area contributed by atoms with Gasteiger partial charge < -0.3 is 14.6 Å². The molecule has 0 aliphatic carbocycles. The summed E-state index contributed by atoms with van der Waals surface area (Å²) in [6.07, 6.45) is 5.57. The zero-order chi connectivity index (χ0) is 18.2. The quantitative estimate of drug-likeness (QED) is 0.615. The molecule has 0 saturated carbocycles. The molecule has 0 bridgehead atoms. The maximum atomic E-state index is 12.3. The fourth-order valence-corrected chi connectivity index (χ4v) is 2.16. The Kier molecular flexibility index (Phi) is 6.12. The number of allylic oxidation sites excluding steroid dienone is 1. The van der Waals surface area contributed by atoms with Crippen molar-refractivity contribution in [3.05, 3.63) is 71.3 Å². The molecule has 2 rings (SSSR count). The Bertz CT molecular complexity index is 816. The van der Waals surface area contributed by atoms with Crippen molar-refractivity contribution in [1.82, 2.24) is 0 Å². The summed E-state index contributed by atoms with van der Waals surface area (Å²) in [7, 11) is 3.08. The first-order valence-corrected chi connectivity index (χ1v) is 7.49. The zero-order valence-electron chi connectivity index (χ0n) is 13.9. The number of carboxylic acid groups (broad SMARTS) is 1. The molecule has 0 radical (unpaired) electrons. The lowest BCUT2D eigenvalue weighted by molar-refractivity contribution is -0.131. The second-order valence-corrected chi connectivity index (χ2v) is 5.10. The molecular formula is C20H18O5. The van der Waals surface area contributed by atoms with Gasteiger partial charge in [0.2, 0.25) is 0 Å². The molecule has 5 heteroatoms. The predicted octanol–water partition coefficient (Wildman–Crippen LogP) is 3.70. The molecule has 0 amide bonds. The van der Waals surface area contributed by atoms with E-state index in [0.717, 1.165) is 17.4 Å². The third-order valence-corrected chi connectivity index (χ3v) is 3.46. The van der Waals surface area contributed by atoms with E-state index in [0.29, 0.717) is 16.9 Å². The SMILES string of the molecule is COc1ccc(C=CC(=O)c2ccc(OC)c(C=CC(=O)O)c2)cc1. The van der Waals surface area contributed by atoms with Gasteiger partial charge in [0.15, 0.2) is 5.78 Å². The normalized spacial score (nSPS) is 11.0. The molecule has 0 aliphatic heterocycles. The van der Waals surface area contributed by atoms with Crippen LogP contribution in [0.25, 0.3) is 12.2 Å². The fraction of sp³-hybridized carbons (Fsp3) is 0.100. The van der Waals surface area contributed by atoms with Gasteiger partial charge in [0.1, 0.15) is 11.5 Å². The standard InChI is InChI=1S/C20H18O5/c1-24-17-8-3-14(4-9-17)5-10-18(21)15-6-11-19(25-2)16(13-15)7-12-20(22)23/h3-13H,1-2H3,(H,22,23). The van der Waals surface area contributed by atoms with Gasteiger partial charge in [0, 0.05) is 17.2 Å². The number of carboxylic acids is 1. The molecule has 2 aromatic carbocycles. The number of hydrogen-bond donors (Lipinski definition) is 1. The number of benzene rings is 2. The summed E-state index contributed by atoms with van der Waals surface area (Å²) in [6, 6.07) is 12.2. The van der Waals surface area contributed by atoms with Gasteiger partial charge >= 0.3 is 5.97 Å². The molecule has 0 spiro atoms. The van der Waals surface area contributed by atoms with E-state index >= 15 is 0 Å². The minimum atomic E-state index is -1.07. The highest BCUT2D eigenvalue weighted by Crippen LogP contribution is 2.22. The van der Waals surface area contributed by atoms with Gasteiger partial charge in [-0.1, -0.05) is 18.2 Å². The fourth-order valence-electron chi connectivity index (χ4n) is 2.16. The third kappa shape index (κ3) is 5.07. The number of ether oxygens (including phenoxy) is 2. The van der Waals surface area contributed by atoms with Gasteiger partial charge in [-0.15, -0.1) is 0 Å². The summed E-state index contributed by atoms with van der Waals surface area (Å²) < 4.78 is 10.3. The molecule has 0 aromatic heterocycles. The molecule has 0 fully saturated rings. The summed E-state index contributed by atoms with van der Waals surface area (Å²) >= 11 is 0. The predicted molar refractivity (Wildman–Crippen MR) is 96.0 cm³/mol. The van der Waals surface area contributed by atoms with E-state index in [4.69, 9.17) is 14.6 Å². The summed E-state index contributed by atoms with van der Waals surface area (Å²) in [5, 5.41) is 8.75. The van der Waals surface area contributed by atoms with Crippen molar-refractivity contribution in [2.24, 2.45) is 0 Å². The number of carbonyl (C=O) groups excluding carboxylic acids is 1. The lowest BCUT2D eigenvalue weighted by Gasteiger charge is -2.06. The van der Waals surface area contributed by atoms with E-state index in [1.54, 1.807) is 31.4 Å². The molecule has 25 heavy (non-hydrogen) atoms. The molecule has 0 saturated heterocycles. The minimum absolute atomic E-state index is 0.191. The first kappa shape index (κ1) is 18.0. The van der Waals surface area contributed by atoms with Gasteiger partial charge in [-0.05, 0) is 48.0 Å². The Morgan fingerprint density at radius 1 is 0.920 bits per heavy atom. The monoisotopic (exact) mass is 338 g/mol. The highest BCUT2D eigenvalue weighted by Gasteiger charge is 2.07. The summed E-state index contributed by atoms with van der Waals surface area (Å²) in [6.45, 7) is 0. The second-order valence-electron chi connectivity index (χ2n) is 5.10. The maximum absolute atomic E-state index is 12.3. The van der Waals surface area contributed by atoms with Crippen LogP contribution in [-0.4, -0.2) is 31.1 Å². The van der Waals surface area contributed by atoms with Crippen LogP contribution in [0.15, 0.2) is 54.6 Å². The maximum Gasteiger partial charge on any atom is 0.328 e. The van der Waals surface area contributed by atoms with Crippen LogP contribution in [0.2, 0.25) is 0 Å². The van der Waals surface area contributed by atoms with E-state index in [1.165, 1.54) is 19.3 Å². The number of rotatable bonds is 7. The second kappa shape index (κ2) is 8.49. The topological polar surface area (TPSA) is 72.8 Å². The van der Waals surface area contributed by atoms with Crippen LogP contribution in [0, 0.1) is 0 Å². The van der Waals surface area contributed by atoms with Crippen LogP contribution in [0.4, 0.5) is 0 Å². The van der Waals surface area contributed by atoms with Crippen molar-refractivity contribution in [2.75, 3.05) is 14.2 Å². The zero-order valence-corrected chi connectivity index (χ0v) is 13.9. The van der Waals surface area contributed by atoms with Crippen LogP contribution >= 0.6 is 0 Å². The van der Waals surface area contributed by atoms with Crippen molar-refractivity contribution in [3.63, 3.8) is 0 Å². The number of carbonyl (C=O) groups is 2. The summed E-state index contributed by atoms with van der Waals surface area (Å²) in [5.41, 5.74) is 1.83. The van der Waals surface area contributed by atoms with Crippen molar-refractivity contribution in [3.8, 4) is 11.5 Å². The van der Waals surface area contributed by atoms with Crippen LogP contribution in [0.1, 0.15) is 21.5 Å². The lowest BCUT2D eigenvalue weighted by atomic mass is 10.0. The van der Waals surface area contributed by atoms with E-state index in [-0.39, 0.29) is 5.78 Å². The molecule has 0 atom stereocenters. The van der Waals surface area contributed by atoms with Gasteiger partial charge in [-0.2, -0.15) is 0 Å². The number of aliphatic carboxylic acids is 1. The summed E-state index contributed by atoms with van der Waals surface area (Å²) in [4.78, 5) is 23.0. The number of hydrogen-bond acceptors (Lipinski definition) is 4.